The zero-order valence-corrected chi connectivity index (χ0v) is 16.6. The molecule has 10 heteroatoms. The number of rotatable bonds is 6. The maximum absolute atomic E-state index is 12.6. The SMILES string of the molecule is Cc1nn(C)c(C)c1NC(=O)COC(=O)c1cc([N+](=O)[O-])ccc1N1CCCC1. The Morgan fingerprint density at radius 3 is 2.55 bits per heavy atom. The van der Waals surface area contributed by atoms with E-state index in [2.05, 4.69) is 10.4 Å². The third-order valence-electron chi connectivity index (χ3n) is 4.97. The second kappa shape index (κ2) is 8.29. The molecule has 1 saturated heterocycles. The van der Waals surface area contributed by atoms with Gasteiger partial charge in [0, 0.05) is 32.3 Å². The van der Waals surface area contributed by atoms with Crippen LogP contribution < -0.4 is 10.2 Å². The first-order valence-corrected chi connectivity index (χ1v) is 9.28. The smallest absolute Gasteiger partial charge is 0.341 e. The molecule has 0 saturated carbocycles. The van der Waals surface area contributed by atoms with Gasteiger partial charge in [-0.2, -0.15) is 5.10 Å². The zero-order valence-electron chi connectivity index (χ0n) is 16.6. The van der Waals surface area contributed by atoms with Crippen LogP contribution in [-0.2, 0) is 16.6 Å². The van der Waals surface area contributed by atoms with Crippen molar-refractivity contribution in [2.45, 2.75) is 26.7 Å². The molecular formula is C19H23N5O5. The van der Waals surface area contributed by atoms with Crippen LogP contribution in [0.25, 0.3) is 0 Å². The fourth-order valence-electron chi connectivity index (χ4n) is 3.37. The summed E-state index contributed by atoms with van der Waals surface area (Å²) in [6, 6.07) is 4.12. The lowest BCUT2D eigenvalue weighted by Gasteiger charge is -2.20. The minimum Gasteiger partial charge on any atom is -0.452 e. The van der Waals surface area contributed by atoms with Crippen molar-refractivity contribution in [1.82, 2.24) is 9.78 Å². The van der Waals surface area contributed by atoms with Gasteiger partial charge in [-0.1, -0.05) is 0 Å². The molecule has 1 fully saturated rings. The Morgan fingerprint density at radius 1 is 1.28 bits per heavy atom. The summed E-state index contributed by atoms with van der Waals surface area (Å²) in [6.07, 6.45) is 1.97. The molecule has 0 radical (unpaired) electrons. The monoisotopic (exact) mass is 401 g/mol. The number of amides is 1. The number of aryl methyl sites for hydroxylation is 2. The molecule has 29 heavy (non-hydrogen) atoms. The zero-order chi connectivity index (χ0) is 21.1. The summed E-state index contributed by atoms with van der Waals surface area (Å²) < 4.78 is 6.80. The molecule has 1 aromatic carbocycles. The van der Waals surface area contributed by atoms with Crippen LogP contribution in [0.2, 0.25) is 0 Å². The summed E-state index contributed by atoms with van der Waals surface area (Å²) in [5.41, 5.74) is 2.46. The first kappa shape index (κ1) is 20.3. The van der Waals surface area contributed by atoms with Gasteiger partial charge in [0.05, 0.1) is 33.2 Å². The summed E-state index contributed by atoms with van der Waals surface area (Å²) in [7, 11) is 1.76. The number of carbonyl (C=O) groups is 2. The van der Waals surface area contributed by atoms with Crippen molar-refractivity contribution in [3.05, 3.63) is 45.3 Å². The minimum atomic E-state index is -0.773. The summed E-state index contributed by atoms with van der Waals surface area (Å²) in [5.74, 6) is -1.28. The quantitative estimate of drug-likeness (QED) is 0.448. The second-order valence-corrected chi connectivity index (χ2v) is 6.95. The molecule has 0 spiro atoms. The van der Waals surface area contributed by atoms with E-state index in [1.165, 1.54) is 12.1 Å². The fourth-order valence-corrected chi connectivity index (χ4v) is 3.37. The van der Waals surface area contributed by atoms with Crippen molar-refractivity contribution >= 4 is 28.9 Å². The average Bonchev–Trinajstić information content (AvgIpc) is 3.30. The van der Waals surface area contributed by atoms with Crippen LogP contribution in [0.4, 0.5) is 17.1 Å². The van der Waals surface area contributed by atoms with E-state index in [1.807, 2.05) is 11.8 Å². The van der Waals surface area contributed by atoms with Gasteiger partial charge in [-0.3, -0.25) is 19.6 Å². The highest BCUT2D eigenvalue weighted by molar-refractivity contribution is 5.99. The van der Waals surface area contributed by atoms with E-state index in [0.717, 1.165) is 31.6 Å². The van der Waals surface area contributed by atoms with Crippen LogP contribution in [0.15, 0.2) is 18.2 Å². The number of non-ortho nitro benzene ring substituents is 1. The third-order valence-corrected chi connectivity index (χ3v) is 4.97. The molecule has 2 aromatic rings. The summed E-state index contributed by atoms with van der Waals surface area (Å²) in [4.78, 5) is 37.4. The van der Waals surface area contributed by atoms with E-state index in [4.69, 9.17) is 4.74 Å². The first-order chi connectivity index (χ1) is 13.8. The van der Waals surface area contributed by atoms with Crippen molar-refractivity contribution in [2.24, 2.45) is 7.05 Å². The minimum absolute atomic E-state index is 0.0858. The number of nitro groups is 1. The highest BCUT2D eigenvalue weighted by atomic mass is 16.6. The molecule has 10 nitrogen and oxygen atoms in total. The van der Waals surface area contributed by atoms with E-state index in [9.17, 15) is 19.7 Å². The first-order valence-electron chi connectivity index (χ1n) is 9.28. The Morgan fingerprint density at radius 2 is 1.97 bits per heavy atom. The van der Waals surface area contributed by atoms with Gasteiger partial charge in [0.1, 0.15) is 0 Å². The van der Waals surface area contributed by atoms with E-state index in [-0.39, 0.29) is 11.3 Å². The van der Waals surface area contributed by atoms with E-state index in [1.54, 1.807) is 24.7 Å². The van der Waals surface area contributed by atoms with Crippen molar-refractivity contribution in [1.29, 1.82) is 0 Å². The number of hydrogen-bond donors (Lipinski definition) is 1. The predicted molar refractivity (Wildman–Crippen MR) is 106 cm³/mol. The highest BCUT2D eigenvalue weighted by Crippen LogP contribution is 2.29. The standard InChI is InChI=1S/C19H23N5O5/c1-12-18(13(2)22(3)21-12)20-17(25)11-29-19(26)15-10-14(24(27)28)6-7-16(15)23-8-4-5-9-23/h6-7,10H,4-5,8-9,11H2,1-3H3,(H,20,25). The van der Waals surface area contributed by atoms with Gasteiger partial charge in [0.15, 0.2) is 6.61 Å². The molecule has 1 aliphatic heterocycles. The molecule has 1 aliphatic rings. The van der Waals surface area contributed by atoms with Crippen molar-refractivity contribution in [3.63, 3.8) is 0 Å². The maximum Gasteiger partial charge on any atom is 0.341 e. The van der Waals surface area contributed by atoms with Crippen molar-refractivity contribution < 1.29 is 19.2 Å². The number of benzene rings is 1. The van der Waals surface area contributed by atoms with Crippen molar-refractivity contribution in [3.8, 4) is 0 Å². The van der Waals surface area contributed by atoms with Crippen LogP contribution in [0.5, 0.6) is 0 Å². The van der Waals surface area contributed by atoms with Crippen molar-refractivity contribution in [2.75, 3.05) is 29.9 Å². The van der Waals surface area contributed by atoms with Crippen LogP contribution in [-0.4, -0.2) is 46.3 Å². The lowest BCUT2D eigenvalue weighted by molar-refractivity contribution is -0.384. The van der Waals surface area contributed by atoms with Gasteiger partial charge < -0.3 is 15.0 Å². The largest absolute Gasteiger partial charge is 0.452 e. The normalized spacial score (nSPS) is 13.4. The van der Waals surface area contributed by atoms with Gasteiger partial charge in [0.25, 0.3) is 11.6 Å². The van der Waals surface area contributed by atoms with Gasteiger partial charge in [-0.15, -0.1) is 0 Å². The number of ether oxygens (including phenoxy) is 1. The fraction of sp³-hybridized carbons (Fsp3) is 0.421. The number of anilines is 2. The number of esters is 1. The van der Waals surface area contributed by atoms with Gasteiger partial charge >= 0.3 is 5.97 Å². The molecule has 154 valence electrons. The van der Waals surface area contributed by atoms with E-state index in [0.29, 0.717) is 17.1 Å². The third kappa shape index (κ3) is 4.36. The van der Waals surface area contributed by atoms with Gasteiger partial charge in [-0.25, -0.2) is 4.79 Å². The molecule has 0 bridgehead atoms. The number of carbonyl (C=O) groups excluding carboxylic acids is 2. The van der Waals surface area contributed by atoms with E-state index < -0.39 is 23.4 Å². The van der Waals surface area contributed by atoms with Gasteiger partial charge in [0.2, 0.25) is 0 Å². The maximum atomic E-state index is 12.6. The summed E-state index contributed by atoms with van der Waals surface area (Å²) >= 11 is 0. The molecule has 3 rings (SSSR count). The molecular weight excluding hydrogens is 378 g/mol. The Labute approximate surface area is 167 Å². The second-order valence-electron chi connectivity index (χ2n) is 6.95. The molecule has 2 heterocycles. The number of nitrogens with one attached hydrogen (secondary N) is 1. The molecule has 1 amide bonds. The number of aromatic nitrogens is 2. The van der Waals surface area contributed by atoms with Crippen LogP contribution in [0.3, 0.4) is 0 Å². The lowest BCUT2D eigenvalue weighted by atomic mass is 10.1. The molecule has 1 aromatic heterocycles. The average molecular weight is 401 g/mol. The Bertz CT molecular complexity index is 962. The van der Waals surface area contributed by atoms with Crippen LogP contribution >= 0.6 is 0 Å². The molecule has 1 N–H and O–H groups in total. The van der Waals surface area contributed by atoms with Gasteiger partial charge in [-0.05, 0) is 32.8 Å². The summed E-state index contributed by atoms with van der Waals surface area (Å²) in [5, 5.41) is 18.0. The Balaban J connectivity index is 1.73. The highest BCUT2D eigenvalue weighted by Gasteiger charge is 2.24. The lowest BCUT2D eigenvalue weighted by Crippen LogP contribution is -2.24. The van der Waals surface area contributed by atoms with Crippen LogP contribution in [0, 0.1) is 24.0 Å². The molecule has 0 atom stereocenters. The Kier molecular flexibility index (Phi) is 5.81. The predicted octanol–water partition coefficient (Wildman–Crippen LogP) is 2.34. The number of hydrogen-bond acceptors (Lipinski definition) is 7. The molecule has 0 aliphatic carbocycles. The Hall–Kier alpha value is -3.43. The number of nitro benzene ring substituents is 1. The number of nitrogens with zero attached hydrogens (tertiary/aromatic N) is 4. The summed E-state index contributed by atoms with van der Waals surface area (Å²) in [6.45, 7) is 4.60. The van der Waals surface area contributed by atoms with E-state index >= 15 is 0 Å². The topological polar surface area (TPSA) is 120 Å². The molecule has 0 unspecified atom stereocenters. The van der Waals surface area contributed by atoms with Crippen LogP contribution in [0.1, 0.15) is 34.6 Å².